The number of aryl methyl sites for hydroxylation is 1. The van der Waals surface area contributed by atoms with Gasteiger partial charge in [-0.3, -0.25) is 4.57 Å². The maximum atomic E-state index is 12.2. The van der Waals surface area contributed by atoms with E-state index in [1.807, 2.05) is 19.1 Å². The molecular formula is C13H19O5P. The minimum atomic E-state index is -3.42. The van der Waals surface area contributed by atoms with E-state index in [-0.39, 0.29) is 0 Å². The van der Waals surface area contributed by atoms with Gasteiger partial charge in [0.25, 0.3) is 0 Å². The summed E-state index contributed by atoms with van der Waals surface area (Å²) in [4.78, 5) is 11.9. The fraction of sp³-hybridized carbons (Fsp3) is 0.462. The average molecular weight is 286 g/mol. The van der Waals surface area contributed by atoms with Crippen LogP contribution in [0.4, 0.5) is 0 Å². The lowest BCUT2D eigenvalue weighted by Gasteiger charge is -2.23. The second-order valence-corrected chi connectivity index (χ2v) is 6.43. The minimum absolute atomic E-state index is 0.344. The Hall–Kier alpha value is -1.16. The SMILES string of the molecule is CC[C@@H](OC(=O)c1ccc(C)cc1)P(=O)(OC)OC. The summed E-state index contributed by atoms with van der Waals surface area (Å²) in [5, 5.41) is 0. The molecular weight excluding hydrogens is 267 g/mol. The Labute approximate surface area is 113 Å². The van der Waals surface area contributed by atoms with Crippen LogP contribution in [-0.2, 0) is 18.3 Å². The van der Waals surface area contributed by atoms with E-state index in [4.69, 9.17) is 13.8 Å². The number of hydrogen-bond donors (Lipinski definition) is 0. The molecule has 0 heterocycles. The number of carbonyl (C=O) groups is 1. The lowest BCUT2D eigenvalue weighted by Crippen LogP contribution is -2.19. The van der Waals surface area contributed by atoms with Crippen molar-refractivity contribution >= 4 is 13.6 Å². The zero-order chi connectivity index (χ0) is 14.5. The molecule has 5 nitrogen and oxygen atoms in total. The Morgan fingerprint density at radius 2 is 1.74 bits per heavy atom. The van der Waals surface area contributed by atoms with Crippen molar-refractivity contribution in [2.75, 3.05) is 14.2 Å². The summed E-state index contributed by atoms with van der Waals surface area (Å²) >= 11 is 0. The van der Waals surface area contributed by atoms with Gasteiger partial charge in [-0.15, -0.1) is 0 Å². The topological polar surface area (TPSA) is 61.8 Å². The summed E-state index contributed by atoms with van der Waals surface area (Å²) in [6.07, 6.45) is 0.344. The summed E-state index contributed by atoms with van der Waals surface area (Å²) in [7, 11) is -0.877. The Morgan fingerprint density at radius 3 is 2.16 bits per heavy atom. The number of hydrogen-bond acceptors (Lipinski definition) is 5. The summed E-state index contributed by atoms with van der Waals surface area (Å²) in [6.45, 7) is 3.67. The van der Waals surface area contributed by atoms with Crippen molar-refractivity contribution in [3.8, 4) is 0 Å². The number of ether oxygens (including phenoxy) is 1. The highest BCUT2D eigenvalue weighted by Gasteiger charge is 2.36. The molecule has 0 bridgehead atoms. The predicted molar refractivity (Wildman–Crippen MR) is 72.3 cm³/mol. The number of benzene rings is 1. The zero-order valence-electron chi connectivity index (χ0n) is 11.6. The first-order valence-corrected chi connectivity index (χ1v) is 7.56. The molecule has 0 radical (unpaired) electrons. The van der Waals surface area contributed by atoms with Crippen LogP contribution in [0, 0.1) is 6.92 Å². The van der Waals surface area contributed by atoms with Crippen molar-refractivity contribution in [1.29, 1.82) is 0 Å². The van der Waals surface area contributed by atoms with Gasteiger partial charge >= 0.3 is 13.6 Å². The maximum Gasteiger partial charge on any atom is 0.370 e. The lowest BCUT2D eigenvalue weighted by molar-refractivity contribution is 0.0378. The second-order valence-electron chi connectivity index (χ2n) is 4.04. The summed E-state index contributed by atoms with van der Waals surface area (Å²) in [6, 6.07) is 6.94. The van der Waals surface area contributed by atoms with Crippen LogP contribution in [0.2, 0.25) is 0 Å². The number of carbonyl (C=O) groups excluding carboxylic acids is 1. The van der Waals surface area contributed by atoms with Gasteiger partial charge in [0.05, 0.1) is 5.56 Å². The van der Waals surface area contributed by atoms with Crippen LogP contribution in [0.5, 0.6) is 0 Å². The van der Waals surface area contributed by atoms with E-state index in [0.717, 1.165) is 5.56 Å². The van der Waals surface area contributed by atoms with E-state index in [9.17, 15) is 9.36 Å². The molecule has 1 aromatic carbocycles. The standard InChI is InChI=1S/C13H19O5P/c1-5-12(19(15,16-3)17-4)18-13(14)11-8-6-10(2)7-9-11/h6-9,12H,5H2,1-4H3/t12-/m0/s1. The average Bonchev–Trinajstić information content (AvgIpc) is 2.44. The fourth-order valence-electron chi connectivity index (χ4n) is 1.56. The molecule has 0 saturated heterocycles. The van der Waals surface area contributed by atoms with Gasteiger partial charge in [0.15, 0.2) is 0 Å². The van der Waals surface area contributed by atoms with Crippen molar-refractivity contribution in [1.82, 2.24) is 0 Å². The molecule has 1 aromatic rings. The first-order valence-electron chi connectivity index (χ1n) is 5.95. The predicted octanol–water partition coefficient (Wildman–Crippen LogP) is 3.37. The quantitative estimate of drug-likeness (QED) is 0.592. The van der Waals surface area contributed by atoms with E-state index in [2.05, 4.69) is 0 Å². The van der Waals surface area contributed by atoms with Gasteiger partial charge in [0, 0.05) is 14.2 Å². The summed E-state index contributed by atoms with van der Waals surface area (Å²) in [5.41, 5.74) is 1.45. The molecule has 1 rings (SSSR count). The molecule has 0 aliphatic heterocycles. The second kappa shape index (κ2) is 6.85. The van der Waals surface area contributed by atoms with Crippen LogP contribution in [0.1, 0.15) is 29.3 Å². The van der Waals surface area contributed by atoms with Gasteiger partial charge in [0.1, 0.15) is 0 Å². The monoisotopic (exact) mass is 286 g/mol. The van der Waals surface area contributed by atoms with Crippen molar-refractivity contribution in [2.24, 2.45) is 0 Å². The Kier molecular flexibility index (Phi) is 5.73. The van der Waals surface area contributed by atoms with Crippen LogP contribution in [-0.4, -0.2) is 26.0 Å². The molecule has 0 spiro atoms. The zero-order valence-corrected chi connectivity index (χ0v) is 12.5. The fourth-order valence-corrected chi connectivity index (χ4v) is 2.85. The molecule has 0 aliphatic rings. The van der Waals surface area contributed by atoms with E-state index in [0.29, 0.717) is 12.0 Å². The molecule has 6 heteroatoms. The van der Waals surface area contributed by atoms with Gasteiger partial charge in [-0.05, 0) is 25.5 Å². The molecule has 106 valence electrons. The van der Waals surface area contributed by atoms with E-state index < -0.39 is 19.4 Å². The van der Waals surface area contributed by atoms with Gasteiger partial charge in [0.2, 0.25) is 5.85 Å². The lowest BCUT2D eigenvalue weighted by atomic mass is 10.1. The summed E-state index contributed by atoms with van der Waals surface area (Å²) in [5.74, 6) is -1.45. The number of esters is 1. The third-order valence-electron chi connectivity index (χ3n) is 2.74. The van der Waals surface area contributed by atoms with Crippen LogP contribution in [0.15, 0.2) is 24.3 Å². The first-order chi connectivity index (χ1) is 8.96. The summed E-state index contributed by atoms with van der Waals surface area (Å²) < 4.78 is 27.1. The molecule has 0 aliphatic carbocycles. The highest BCUT2D eigenvalue weighted by Crippen LogP contribution is 2.53. The highest BCUT2D eigenvalue weighted by molar-refractivity contribution is 7.54. The van der Waals surface area contributed by atoms with Crippen molar-refractivity contribution in [3.05, 3.63) is 35.4 Å². The number of rotatable bonds is 6. The Balaban J connectivity index is 2.84. The largest absolute Gasteiger partial charge is 0.446 e. The molecule has 19 heavy (non-hydrogen) atoms. The van der Waals surface area contributed by atoms with Crippen molar-refractivity contribution in [3.63, 3.8) is 0 Å². The third kappa shape index (κ3) is 3.90. The van der Waals surface area contributed by atoms with Crippen LogP contribution < -0.4 is 0 Å². The minimum Gasteiger partial charge on any atom is -0.446 e. The normalized spacial score (nSPS) is 13.1. The molecule has 0 fully saturated rings. The van der Waals surface area contributed by atoms with Crippen molar-refractivity contribution < 1.29 is 23.1 Å². The third-order valence-corrected chi connectivity index (χ3v) is 4.94. The molecule has 0 N–H and O–H groups in total. The van der Waals surface area contributed by atoms with E-state index in [1.165, 1.54) is 14.2 Å². The first kappa shape index (κ1) is 15.9. The molecule has 0 saturated carbocycles. The highest BCUT2D eigenvalue weighted by atomic mass is 31.2. The van der Waals surface area contributed by atoms with Crippen molar-refractivity contribution in [2.45, 2.75) is 26.1 Å². The smallest absolute Gasteiger partial charge is 0.370 e. The van der Waals surface area contributed by atoms with Gasteiger partial charge in [-0.25, -0.2) is 4.79 Å². The van der Waals surface area contributed by atoms with Gasteiger partial charge in [-0.2, -0.15) is 0 Å². The Morgan fingerprint density at radius 1 is 1.21 bits per heavy atom. The van der Waals surface area contributed by atoms with Gasteiger partial charge in [-0.1, -0.05) is 24.6 Å². The van der Waals surface area contributed by atoms with Crippen LogP contribution >= 0.6 is 7.60 Å². The van der Waals surface area contributed by atoms with Gasteiger partial charge < -0.3 is 13.8 Å². The molecule has 0 amide bonds. The van der Waals surface area contributed by atoms with Crippen LogP contribution in [0.3, 0.4) is 0 Å². The molecule has 0 unspecified atom stereocenters. The molecule has 0 aromatic heterocycles. The molecule has 1 atom stereocenters. The maximum absolute atomic E-state index is 12.2. The van der Waals surface area contributed by atoms with E-state index in [1.54, 1.807) is 19.1 Å². The van der Waals surface area contributed by atoms with E-state index >= 15 is 0 Å². The van der Waals surface area contributed by atoms with Crippen LogP contribution in [0.25, 0.3) is 0 Å². The Bertz CT molecular complexity index is 460.